The number of amides is 2. The number of ether oxygens (including phenoxy) is 1. The van der Waals surface area contributed by atoms with Gasteiger partial charge in [-0.05, 0) is 55.7 Å². The van der Waals surface area contributed by atoms with Crippen LogP contribution >= 0.6 is 0 Å². The van der Waals surface area contributed by atoms with Crippen molar-refractivity contribution in [3.05, 3.63) is 59.4 Å². The first-order chi connectivity index (χ1) is 15.8. The van der Waals surface area contributed by atoms with Gasteiger partial charge < -0.3 is 15.4 Å². The maximum Gasteiger partial charge on any atom is 0.251 e. The Morgan fingerprint density at radius 3 is 2.39 bits per heavy atom. The van der Waals surface area contributed by atoms with Gasteiger partial charge in [-0.1, -0.05) is 12.1 Å². The standard InChI is InChI=1S/C23H26FN3O5S/c1-15(16-4-7-19(8-5-16)26-22(28)17-2-3-17)25-23(29)18-6-9-20(24)21(14-18)33(30,31)27-10-12-32-13-11-27/h4-9,14-15,17H,2-3,10-13H2,1H3,(H,25,29)(H,26,28). The molecule has 4 rings (SSSR count). The molecule has 1 aliphatic heterocycles. The van der Waals surface area contributed by atoms with Crippen LogP contribution in [0.5, 0.6) is 0 Å². The number of hydrogen-bond donors (Lipinski definition) is 2. The smallest absolute Gasteiger partial charge is 0.251 e. The number of hydrogen-bond acceptors (Lipinski definition) is 5. The molecular formula is C23H26FN3O5S. The summed E-state index contributed by atoms with van der Waals surface area (Å²) in [6.45, 7) is 2.52. The number of anilines is 1. The highest BCUT2D eigenvalue weighted by molar-refractivity contribution is 7.89. The molecule has 0 aromatic heterocycles. The van der Waals surface area contributed by atoms with E-state index < -0.39 is 32.7 Å². The lowest BCUT2D eigenvalue weighted by atomic mass is 10.1. The van der Waals surface area contributed by atoms with Crippen LogP contribution in [0.2, 0.25) is 0 Å². The highest BCUT2D eigenvalue weighted by atomic mass is 32.2. The minimum Gasteiger partial charge on any atom is -0.379 e. The molecule has 176 valence electrons. The van der Waals surface area contributed by atoms with Gasteiger partial charge in [0.1, 0.15) is 10.7 Å². The molecule has 0 radical (unpaired) electrons. The first-order valence-corrected chi connectivity index (χ1v) is 12.3. The van der Waals surface area contributed by atoms with Gasteiger partial charge in [-0.2, -0.15) is 4.31 Å². The van der Waals surface area contributed by atoms with E-state index in [0.717, 1.165) is 34.8 Å². The van der Waals surface area contributed by atoms with Gasteiger partial charge in [-0.3, -0.25) is 9.59 Å². The molecule has 2 amide bonds. The average Bonchev–Trinajstić information content (AvgIpc) is 3.66. The van der Waals surface area contributed by atoms with Gasteiger partial charge in [0.05, 0.1) is 19.3 Å². The third-order valence-electron chi connectivity index (χ3n) is 5.76. The summed E-state index contributed by atoms with van der Waals surface area (Å²) in [5.74, 6) is -1.30. The van der Waals surface area contributed by atoms with Gasteiger partial charge in [-0.15, -0.1) is 0 Å². The van der Waals surface area contributed by atoms with Gasteiger partial charge in [0.15, 0.2) is 0 Å². The summed E-state index contributed by atoms with van der Waals surface area (Å²) in [7, 11) is -4.08. The van der Waals surface area contributed by atoms with Gasteiger partial charge in [-0.25, -0.2) is 12.8 Å². The number of nitrogens with one attached hydrogen (secondary N) is 2. The third-order valence-corrected chi connectivity index (χ3v) is 7.67. The molecule has 0 bridgehead atoms. The van der Waals surface area contributed by atoms with Crippen molar-refractivity contribution in [3.8, 4) is 0 Å². The highest BCUT2D eigenvalue weighted by Gasteiger charge is 2.30. The predicted molar refractivity (Wildman–Crippen MR) is 120 cm³/mol. The van der Waals surface area contributed by atoms with Crippen LogP contribution in [0.25, 0.3) is 0 Å². The van der Waals surface area contributed by atoms with E-state index in [4.69, 9.17) is 4.74 Å². The number of halogens is 1. The molecule has 2 fully saturated rings. The number of carbonyl (C=O) groups is 2. The first kappa shape index (κ1) is 23.3. The van der Waals surface area contributed by atoms with Crippen LogP contribution in [0.1, 0.15) is 41.7 Å². The van der Waals surface area contributed by atoms with E-state index in [-0.39, 0.29) is 43.7 Å². The Morgan fingerprint density at radius 1 is 1.09 bits per heavy atom. The lowest BCUT2D eigenvalue weighted by Crippen LogP contribution is -2.41. The van der Waals surface area contributed by atoms with Gasteiger partial charge in [0.2, 0.25) is 15.9 Å². The summed E-state index contributed by atoms with van der Waals surface area (Å²) < 4.78 is 46.4. The van der Waals surface area contributed by atoms with Crippen LogP contribution in [0.3, 0.4) is 0 Å². The van der Waals surface area contributed by atoms with Gasteiger partial charge >= 0.3 is 0 Å². The molecule has 1 heterocycles. The average molecular weight is 476 g/mol. The van der Waals surface area contributed by atoms with Crippen molar-refractivity contribution >= 4 is 27.5 Å². The summed E-state index contributed by atoms with van der Waals surface area (Å²) in [6.07, 6.45) is 1.84. The van der Waals surface area contributed by atoms with E-state index in [9.17, 15) is 22.4 Å². The third kappa shape index (κ3) is 5.40. The van der Waals surface area contributed by atoms with Gasteiger partial charge in [0.25, 0.3) is 5.91 Å². The van der Waals surface area contributed by atoms with Crippen molar-refractivity contribution in [2.75, 3.05) is 31.6 Å². The monoisotopic (exact) mass is 475 g/mol. The predicted octanol–water partition coefficient (Wildman–Crippen LogP) is 2.69. The zero-order chi connectivity index (χ0) is 23.6. The van der Waals surface area contributed by atoms with E-state index in [2.05, 4.69) is 10.6 Å². The maximum atomic E-state index is 14.4. The molecule has 1 saturated heterocycles. The molecule has 1 saturated carbocycles. The molecule has 2 aromatic rings. The van der Waals surface area contributed by atoms with Crippen molar-refractivity contribution in [3.63, 3.8) is 0 Å². The Labute approximate surface area is 192 Å². The minimum absolute atomic E-state index is 0.0169. The Balaban J connectivity index is 1.44. The summed E-state index contributed by atoms with van der Waals surface area (Å²) in [6, 6.07) is 10.1. The number of benzene rings is 2. The lowest BCUT2D eigenvalue weighted by molar-refractivity contribution is -0.117. The fourth-order valence-electron chi connectivity index (χ4n) is 3.58. The number of morpholine rings is 1. The molecule has 0 spiro atoms. The summed E-state index contributed by atoms with van der Waals surface area (Å²) in [4.78, 5) is 24.1. The Bertz CT molecular complexity index is 1140. The topological polar surface area (TPSA) is 105 Å². The minimum atomic E-state index is -4.08. The molecule has 2 aromatic carbocycles. The van der Waals surface area contributed by atoms with E-state index in [1.807, 2.05) is 0 Å². The second kappa shape index (κ2) is 9.58. The van der Waals surface area contributed by atoms with Crippen molar-refractivity contribution in [2.24, 2.45) is 5.92 Å². The summed E-state index contributed by atoms with van der Waals surface area (Å²) in [5.41, 5.74) is 1.53. The summed E-state index contributed by atoms with van der Waals surface area (Å²) >= 11 is 0. The lowest BCUT2D eigenvalue weighted by Gasteiger charge is -2.26. The molecule has 33 heavy (non-hydrogen) atoms. The van der Waals surface area contributed by atoms with Crippen molar-refractivity contribution in [1.82, 2.24) is 9.62 Å². The van der Waals surface area contributed by atoms with Crippen molar-refractivity contribution in [1.29, 1.82) is 0 Å². The SMILES string of the molecule is CC(NC(=O)c1ccc(F)c(S(=O)(=O)N2CCOCC2)c1)c1ccc(NC(=O)C2CC2)cc1. The number of rotatable bonds is 7. The van der Waals surface area contributed by atoms with E-state index in [1.54, 1.807) is 31.2 Å². The van der Waals surface area contributed by atoms with Gasteiger partial charge in [0, 0.05) is 30.3 Å². The van der Waals surface area contributed by atoms with Crippen LogP contribution in [-0.2, 0) is 19.6 Å². The zero-order valence-electron chi connectivity index (χ0n) is 18.2. The molecule has 10 heteroatoms. The molecular weight excluding hydrogens is 449 g/mol. The van der Waals surface area contributed by atoms with E-state index in [1.165, 1.54) is 6.07 Å². The van der Waals surface area contributed by atoms with Crippen molar-refractivity contribution < 1.29 is 27.1 Å². The summed E-state index contributed by atoms with van der Waals surface area (Å²) in [5, 5.41) is 5.66. The Hall–Kier alpha value is -2.82. The second-order valence-corrected chi connectivity index (χ2v) is 10.1. The van der Waals surface area contributed by atoms with Crippen LogP contribution in [0.4, 0.5) is 10.1 Å². The fraction of sp³-hybridized carbons (Fsp3) is 0.391. The number of carbonyl (C=O) groups excluding carboxylic acids is 2. The number of nitrogens with zero attached hydrogens (tertiary/aromatic N) is 1. The number of sulfonamides is 1. The van der Waals surface area contributed by atoms with Crippen LogP contribution < -0.4 is 10.6 Å². The van der Waals surface area contributed by atoms with E-state index >= 15 is 0 Å². The molecule has 2 aliphatic rings. The molecule has 8 nitrogen and oxygen atoms in total. The molecule has 1 atom stereocenters. The second-order valence-electron chi connectivity index (χ2n) is 8.24. The molecule has 1 unspecified atom stereocenters. The fourth-order valence-corrected chi connectivity index (χ4v) is 5.07. The van der Waals surface area contributed by atoms with E-state index in [0.29, 0.717) is 5.69 Å². The highest BCUT2D eigenvalue weighted by Crippen LogP contribution is 2.30. The first-order valence-electron chi connectivity index (χ1n) is 10.8. The van der Waals surface area contributed by atoms with Crippen molar-refractivity contribution in [2.45, 2.75) is 30.7 Å². The van der Waals surface area contributed by atoms with Crippen LogP contribution in [0.15, 0.2) is 47.4 Å². The quantitative estimate of drug-likeness (QED) is 0.641. The van der Waals surface area contributed by atoms with Crippen LogP contribution in [0, 0.1) is 11.7 Å². The largest absolute Gasteiger partial charge is 0.379 e. The zero-order valence-corrected chi connectivity index (χ0v) is 19.0. The van der Waals surface area contributed by atoms with Crippen LogP contribution in [-0.4, -0.2) is 50.8 Å². The maximum absolute atomic E-state index is 14.4. The Morgan fingerprint density at radius 2 is 1.76 bits per heavy atom. The molecule has 2 N–H and O–H groups in total. The molecule has 1 aliphatic carbocycles. The Kier molecular flexibility index (Phi) is 6.78. The normalized spacial score (nSPS) is 17.9.